The lowest BCUT2D eigenvalue weighted by Crippen LogP contribution is -2.66. The second-order valence-electron chi connectivity index (χ2n) is 21.8. The third-order valence-corrected chi connectivity index (χ3v) is 15.0. The Morgan fingerprint density at radius 2 is 0.838 bits per heavy atom. The molecule has 0 aromatic rings. The molecule has 3 rings (SSSR count). The highest BCUT2D eigenvalue weighted by Gasteiger charge is 2.53. The maximum Gasteiger partial charge on any atom is 0.220 e. The predicted octanol–water partition coefficient (Wildman–Crippen LogP) is 5.65. The lowest BCUT2D eigenvalue weighted by atomic mass is 9.96. The van der Waals surface area contributed by atoms with E-state index in [0.717, 1.165) is 83.5 Å². The van der Waals surface area contributed by atoms with E-state index < -0.39 is 124 Å². The van der Waals surface area contributed by atoms with E-state index in [1.807, 2.05) is 6.08 Å². The maximum absolute atomic E-state index is 13.3. The first-order valence-electron chi connectivity index (χ1n) is 30.5. The molecule has 0 aromatic heterocycles. The summed E-state index contributed by atoms with van der Waals surface area (Å²) in [6.07, 6.45) is 23.4. The number of hydrogen-bond donors (Lipinski definition) is 12. The van der Waals surface area contributed by atoms with Gasteiger partial charge < -0.3 is 89.9 Å². The molecule has 464 valence electrons. The van der Waals surface area contributed by atoms with Crippen molar-refractivity contribution in [1.82, 2.24) is 5.32 Å². The van der Waals surface area contributed by atoms with Crippen molar-refractivity contribution in [3.63, 3.8) is 0 Å². The van der Waals surface area contributed by atoms with Crippen molar-refractivity contribution in [3.05, 3.63) is 60.8 Å². The zero-order chi connectivity index (χ0) is 58.3. The van der Waals surface area contributed by atoms with Gasteiger partial charge in [-0.05, 0) is 77.0 Å². The Morgan fingerprint density at radius 3 is 1.34 bits per heavy atom. The first-order chi connectivity index (χ1) is 38.8. The number of ether oxygens (including phenoxy) is 6. The molecule has 3 heterocycles. The van der Waals surface area contributed by atoms with Crippen molar-refractivity contribution in [2.24, 2.45) is 0 Å². The number of allylic oxidation sites excluding steroid dienone is 9. The van der Waals surface area contributed by atoms with E-state index in [1.165, 1.54) is 70.6 Å². The summed E-state index contributed by atoms with van der Waals surface area (Å²) in [5.74, 6) is -0.300. The first-order valence-corrected chi connectivity index (χ1v) is 30.5. The average molecular weight is 1140 g/mol. The summed E-state index contributed by atoms with van der Waals surface area (Å²) in [6, 6.07) is -1.00. The van der Waals surface area contributed by atoms with Gasteiger partial charge in [0.25, 0.3) is 0 Å². The van der Waals surface area contributed by atoms with Crippen LogP contribution < -0.4 is 5.32 Å². The molecule has 19 heteroatoms. The molecular weight excluding hydrogens is 1030 g/mol. The number of carbonyl (C=O) groups is 1. The number of rotatable bonds is 44. The van der Waals surface area contributed by atoms with Gasteiger partial charge in [0, 0.05) is 6.42 Å². The minimum Gasteiger partial charge on any atom is -0.394 e. The van der Waals surface area contributed by atoms with Crippen molar-refractivity contribution in [1.29, 1.82) is 0 Å². The fourth-order valence-corrected chi connectivity index (χ4v) is 9.96. The van der Waals surface area contributed by atoms with Gasteiger partial charge in [0.05, 0.1) is 38.6 Å². The van der Waals surface area contributed by atoms with E-state index in [-0.39, 0.29) is 18.9 Å². The van der Waals surface area contributed by atoms with Gasteiger partial charge in [-0.3, -0.25) is 4.79 Å². The van der Waals surface area contributed by atoms with Crippen molar-refractivity contribution >= 4 is 5.91 Å². The van der Waals surface area contributed by atoms with Gasteiger partial charge in [-0.15, -0.1) is 0 Å². The number of unbranched alkanes of at least 4 members (excludes halogenated alkanes) is 20. The Morgan fingerprint density at radius 1 is 0.450 bits per heavy atom. The van der Waals surface area contributed by atoms with E-state index >= 15 is 0 Å². The molecule has 0 aliphatic carbocycles. The Balaban J connectivity index is 1.52. The van der Waals surface area contributed by atoms with Crippen LogP contribution in [0.4, 0.5) is 0 Å². The van der Waals surface area contributed by atoms with Crippen LogP contribution >= 0.6 is 0 Å². The standard InChI is InChI=1S/C61H107NO18/c1-3-5-7-9-11-13-15-17-19-21-23-25-27-29-31-33-35-37-39-49(67)62-44(45(66)38-36-34-32-30-28-26-24-22-20-18-16-14-12-10-8-6-4-2)43-75-59-55(73)52(70)57(47(41-64)77-59)80-61-56(74)53(71)58(48(42-65)78-61)79-60-54(72)51(69)50(68)46(40-63)76-60/h13,15,19-22,28,30,36,38,44-48,50-61,63-66,68-74H,3-12,14,16-18,23-27,29,31-35,37,39-43H2,1-2H3,(H,62,67)/b15-13-,21-19-,22-20+,30-28+,38-36+. The number of carbonyl (C=O) groups excluding carboxylic acids is 1. The van der Waals surface area contributed by atoms with Crippen LogP contribution in [-0.4, -0.2) is 193 Å². The maximum atomic E-state index is 13.3. The molecule has 0 radical (unpaired) electrons. The Bertz CT molecular complexity index is 1700. The summed E-state index contributed by atoms with van der Waals surface area (Å²) in [5, 5.41) is 120. The molecule has 12 N–H and O–H groups in total. The number of hydrogen-bond acceptors (Lipinski definition) is 18. The molecule has 1 amide bonds. The number of amides is 1. The number of nitrogens with one attached hydrogen (secondary N) is 1. The van der Waals surface area contributed by atoms with E-state index in [0.29, 0.717) is 12.8 Å². The van der Waals surface area contributed by atoms with Crippen LogP contribution in [0.25, 0.3) is 0 Å². The SMILES string of the molecule is CCCCCC/C=C\C/C=C\CCCCCCCCCC(=O)NC(COC1OC(CO)C(OC2OC(CO)C(OC3OC(CO)C(O)C(O)C3O)C(O)C2O)C(O)C1O)C(O)/C=C/CC/C=C/CC/C=C/CCCCCCCCC. The molecule has 3 aliphatic heterocycles. The zero-order valence-corrected chi connectivity index (χ0v) is 48.3. The third-order valence-electron chi connectivity index (χ3n) is 15.0. The predicted molar refractivity (Wildman–Crippen MR) is 305 cm³/mol. The molecular formula is C61H107NO18. The zero-order valence-electron chi connectivity index (χ0n) is 48.3. The lowest BCUT2D eigenvalue weighted by molar-refractivity contribution is -0.379. The average Bonchev–Trinajstić information content (AvgIpc) is 3.50. The largest absolute Gasteiger partial charge is 0.394 e. The van der Waals surface area contributed by atoms with Crippen LogP contribution in [0, 0.1) is 0 Å². The van der Waals surface area contributed by atoms with Crippen LogP contribution in [0.2, 0.25) is 0 Å². The van der Waals surface area contributed by atoms with E-state index in [4.69, 9.17) is 28.4 Å². The van der Waals surface area contributed by atoms with Crippen molar-refractivity contribution in [2.45, 2.75) is 291 Å². The Hall–Kier alpha value is -2.51. The first kappa shape index (κ1) is 71.8. The minimum atomic E-state index is -1.98. The molecule has 17 unspecified atom stereocenters. The molecule has 19 nitrogen and oxygen atoms in total. The fraction of sp³-hybridized carbons (Fsp3) is 0.820. The van der Waals surface area contributed by atoms with Gasteiger partial charge in [-0.25, -0.2) is 0 Å². The molecule has 0 aromatic carbocycles. The second-order valence-corrected chi connectivity index (χ2v) is 21.8. The Kier molecular flexibility index (Phi) is 39.5. The van der Waals surface area contributed by atoms with E-state index in [1.54, 1.807) is 6.08 Å². The normalized spacial score (nSPS) is 30.4. The molecule has 3 aliphatic rings. The van der Waals surface area contributed by atoms with E-state index in [2.05, 4.69) is 67.8 Å². The monoisotopic (exact) mass is 1140 g/mol. The summed E-state index contributed by atoms with van der Waals surface area (Å²) in [7, 11) is 0. The molecule has 80 heavy (non-hydrogen) atoms. The molecule has 3 saturated heterocycles. The summed E-state index contributed by atoms with van der Waals surface area (Å²) < 4.78 is 34.2. The lowest BCUT2D eigenvalue weighted by Gasteiger charge is -2.48. The van der Waals surface area contributed by atoms with Gasteiger partial charge in [0.1, 0.15) is 73.2 Å². The summed E-state index contributed by atoms with van der Waals surface area (Å²) in [4.78, 5) is 13.3. The number of aliphatic hydroxyl groups excluding tert-OH is 11. The van der Waals surface area contributed by atoms with E-state index in [9.17, 15) is 61.0 Å². The highest BCUT2D eigenvalue weighted by molar-refractivity contribution is 5.76. The second kappa shape index (κ2) is 44.0. The molecule has 0 saturated carbocycles. The smallest absolute Gasteiger partial charge is 0.220 e. The van der Waals surface area contributed by atoms with Gasteiger partial charge in [0.2, 0.25) is 5.91 Å². The minimum absolute atomic E-state index is 0.221. The van der Waals surface area contributed by atoms with Crippen molar-refractivity contribution < 1.29 is 89.4 Å². The fourth-order valence-electron chi connectivity index (χ4n) is 9.96. The third kappa shape index (κ3) is 27.5. The van der Waals surface area contributed by atoms with Crippen LogP contribution in [-0.2, 0) is 33.2 Å². The molecule has 0 spiro atoms. The summed E-state index contributed by atoms with van der Waals surface area (Å²) >= 11 is 0. The highest BCUT2D eigenvalue weighted by atomic mass is 16.8. The molecule has 3 fully saturated rings. The van der Waals surface area contributed by atoms with Gasteiger partial charge in [0.15, 0.2) is 18.9 Å². The Labute approximate surface area is 477 Å². The van der Waals surface area contributed by atoms with Gasteiger partial charge in [-0.2, -0.15) is 0 Å². The summed E-state index contributed by atoms with van der Waals surface area (Å²) in [6.45, 7) is 1.65. The number of aliphatic hydroxyl groups is 11. The van der Waals surface area contributed by atoms with Crippen LogP contribution in [0.3, 0.4) is 0 Å². The van der Waals surface area contributed by atoms with Crippen LogP contribution in [0.5, 0.6) is 0 Å². The van der Waals surface area contributed by atoms with Crippen LogP contribution in [0.15, 0.2) is 60.8 Å². The quantitative estimate of drug-likeness (QED) is 0.0259. The van der Waals surface area contributed by atoms with Gasteiger partial charge in [-0.1, -0.05) is 164 Å². The molecule has 17 atom stereocenters. The highest BCUT2D eigenvalue weighted by Crippen LogP contribution is 2.33. The van der Waals surface area contributed by atoms with Crippen molar-refractivity contribution in [3.8, 4) is 0 Å². The van der Waals surface area contributed by atoms with Crippen LogP contribution in [0.1, 0.15) is 187 Å². The van der Waals surface area contributed by atoms with Gasteiger partial charge >= 0.3 is 0 Å². The summed E-state index contributed by atoms with van der Waals surface area (Å²) in [5.41, 5.74) is 0. The topological polar surface area (TPSA) is 307 Å². The van der Waals surface area contributed by atoms with Crippen molar-refractivity contribution in [2.75, 3.05) is 26.4 Å². The molecule has 0 bridgehead atoms.